The molecule has 1 fully saturated rings. The molecular weight excluding hydrogens is 244 g/mol. The first-order valence-corrected chi connectivity index (χ1v) is 7.54. The van der Waals surface area contributed by atoms with E-state index in [1.807, 2.05) is 0 Å². The van der Waals surface area contributed by atoms with Crippen LogP contribution in [0, 0.1) is 11.8 Å². The van der Waals surface area contributed by atoms with E-state index < -0.39 is 17.9 Å². The fraction of sp³-hybridized carbons (Fsp3) is 0.867. The van der Waals surface area contributed by atoms with Crippen molar-refractivity contribution in [2.24, 2.45) is 11.8 Å². The summed E-state index contributed by atoms with van der Waals surface area (Å²) in [5, 5.41) is 9.05. The van der Waals surface area contributed by atoms with Gasteiger partial charge in [-0.2, -0.15) is 0 Å². The molecule has 0 radical (unpaired) electrons. The molecule has 1 aliphatic rings. The van der Waals surface area contributed by atoms with Gasteiger partial charge in [0.05, 0.1) is 6.61 Å². The Kier molecular flexibility index (Phi) is 7.53. The van der Waals surface area contributed by atoms with E-state index in [-0.39, 0.29) is 6.61 Å². The first kappa shape index (κ1) is 16.0. The molecule has 0 bridgehead atoms. The Hall–Kier alpha value is -1.06. The SMILES string of the molecule is CCOC(=O)C(CCCC1CCCCCC1)C(=O)O. The number of aliphatic carboxylic acids is 1. The average molecular weight is 270 g/mol. The highest BCUT2D eigenvalue weighted by atomic mass is 16.5. The molecule has 1 atom stereocenters. The molecule has 19 heavy (non-hydrogen) atoms. The number of hydrogen-bond donors (Lipinski definition) is 1. The van der Waals surface area contributed by atoms with Crippen LogP contribution in [-0.4, -0.2) is 23.7 Å². The minimum absolute atomic E-state index is 0.241. The highest BCUT2D eigenvalue weighted by Crippen LogP contribution is 2.27. The van der Waals surface area contributed by atoms with Crippen LogP contribution in [-0.2, 0) is 14.3 Å². The molecule has 1 aliphatic carbocycles. The Morgan fingerprint density at radius 2 is 1.84 bits per heavy atom. The lowest BCUT2D eigenvalue weighted by Gasteiger charge is -2.15. The van der Waals surface area contributed by atoms with E-state index in [1.165, 1.54) is 38.5 Å². The summed E-state index contributed by atoms with van der Waals surface area (Å²) >= 11 is 0. The van der Waals surface area contributed by atoms with Crippen LogP contribution in [0.15, 0.2) is 0 Å². The molecule has 0 spiro atoms. The molecule has 0 amide bonds. The van der Waals surface area contributed by atoms with Crippen molar-refractivity contribution < 1.29 is 19.4 Å². The van der Waals surface area contributed by atoms with Gasteiger partial charge in [0.1, 0.15) is 0 Å². The summed E-state index contributed by atoms with van der Waals surface area (Å²) in [5.74, 6) is -1.90. The third-order valence-corrected chi connectivity index (χ3v) is 3.95. The predicted octanol–water partition coefficient (Wildman–Crippen LogP) is 3.39. The number of esters is 1. The lowest BCUT2D eigenvalue weighted by atomic mass is 9.91. The first-order chi connectivity index (χ1) is 9.15. The molecule has 0 aliphatic heterocycles. The molecule has 1 N–H and O–H groups in total. The van der Waals surface area contributed by atoms with Gasteiger partial charge in [0.2, 0.25) is 0 Å². The van der Waals surface area contributed by atoms with Crippen LogP contribution in [0.25, 0.3) is 0 Å². The monoisotopic (exact) mass is 270 g/mol. The molecule has 4 heteroatoms. The second kappa shape index (κ2) is 8.94. The number of carboxylic acid groups (broad SMARTS) is 1. The lowest BCUT2D eigenvalue weighted by Crippen LogP contribution is -2.26. The third kappa shape index (κ3) is 6.08. The minimum Gasteiger partial charge on any atom is -0.481 e. The Bertz CT molecular complexity index is 280. The summed E-state index contributed by atoms with van der Waals surface area (Å²) in [4.78, 5) is 22.6. The van der Waals surface area contributed by atoms with E-state index in [9.17, 15) is 9.59 Å². The largest absolute Gasteiger partial charge is 0.481 e. The van der Waals surface area contributed by atoms with Gasteiger partial charge in [0.15, 0.2) is 5.92 Å². The smallest absolute Gasteiger partial charge is 0.320 e. The summed E-state index contributed by atoms with van der Waals surface area (Å²) in [6.07, 6.45) is 10.0. The third-order valence-electron chi connectivity index (χ3n) is 3.95. The maximum absolute atomic E-state index is 11.5. The van der Waals surface area contributed by atoms with Crippen molar-refractivity contribution in [2.75, 3.05) is 6.61 Å². The van der Waals surface area contributed by atoms with Crippen molar-refractivity contribution in [1.82, 2.24) is 0 Å². The molecule has 4 nitrogen and oxygen atoms in total. The Balaban J connectivity index is 2.31. The fourth-order valence-corrected chi connectivity index (χ4v) is 2.85. The fourth-order valence-electron chi connectivity index (χ4n) is 2.85. The molecular formula is C15H26O4. The van der Waals surface area contributed by atoms with Gasteiger partial charge in [-0.25, -0.2) is 0 Å². The Morgan fingerprint density at radius 3 is 2.37 bits per heavy atom. The number of carboxylic acids is 1. The number of hydrogen-bond acceptors (Lipinski definition) is 3. The van der Waals surface area contributed by atoms with Crippen molar-refractivity contribution in [3.8, 4) is 0 Å². The zero-order chi connectivity index (χ0) is 14.1. The summed E-state index contributed by atoms with van der Waals surface area (Å²) in [6.45, 7) is 1.94. The van der Waals surface area contributed by atoms with Crippen LogP contribution in [0.3, 0.4) is 0 Å². The Morgan fingerprint density at radius 1 is 1.21 bits per heavy atom. The number of ether oxygens (including phenoxy) is 1. The van der Waals surface area contributed by atoms with Gasteiger partial charge in [-0.15, -0.1) is 0 Å². The average Bonchev–Trinajstić information content (AvgIpc) is 2.63. The van der Waals surface area contributed by atoms with Gasteiger partial charge in [0.25, 0.3) is 0 Å². The van der Waals surface area contributed by atoms with Crippen LogP contribution in [0.4, 0.5) is 0 Å². The van der Waals surface area contributed by atoms with E-state index >= 15 is 0 Å². The van der Waals surface area contributed by atoms with Crippen molar-refractivity contribution in [3.63, 3.8) is 0 Å². The van der Waals surface area contributed by atoms with Crippen LogP contribution >= 0.6 is 0 Å². The summed E-state index contributed by atoms with van der Waals surface area (Å²) in [6, 6.07) is 0. The summed E-state index contributed by atoms with van der Waals surface area (Å²) in [5.41, 5.74) is 0. The first-order valence-electron chi connectivity index (χ1n) is 7.54. The number of carbonyl (C=O) groups excluding carboxylic acids is 1. The molecule has 1 saturated carbocycles. The van der Waals surface area contributed by atoms with Crippen molar-refractivity contribution in [2.45, 2.75) is 64.7 Å². The molecule has 0 saturated heterocycles. The topological polar surface area (TPSA) is 63.6 Å². The highest BCUT2D eigenvalue weighted by molar-refractivity contribution is 5.93. The summed E-state index contributed by atoms with van der Waals surface area (Å²) < 4.78 is 4.81. The maximum Gasteiger partial charge on any atom is 0.320 e. The molecule has 110 valence electrons. The maximum atomic E-state index is 11.5. The lowest BCUT2D eigenvalue weighted by molar-refractivity contribution is -0.158. The van der Waals surface area contributed by atoms with Crippen molar-refractivity contribution >= 4 is 11.9 Å². The Labute approximate surface area is 115 Å². The van der Waals surface area contributed by atoms with Gasteiger partial charge < -0.3 is 9.84 Å². The number of rotatable bonds is 7. The van der Waals surface area contributed by atoms with Gasteiger partial charge in [0, 0.05) is 0 Å². The summed E-state index contributed by atoms with van der Waals surface area (Å²) in [7, 11) is 0. The van der Waals surface area contributed by atoms with Gasteiger partial charge in [-0.1, -0.05) is 51.4 Å². The van der Waals surface area contributed by atoms with Crippen molar-refractivity contribution in [1.29, 1.82) is 0 Å². The van der Waals surface area contributed by atoms with E-state index in [0.29, 0.717) is 6.42 Å². The second-order valence-corrected chi connectivity index (χ2v) is 5.43. The quantitative estimate of drug-likeness (QED) is 0.437. The van der Waals surface area contributed by atoms with E-state index in [2.05, 4.69) is 0 Å². The second-order valence-electron chi connectivity index (χ2n) is 5.43. The van der Waals surface area contributed by atoms with E-state index in [1.54, 1.807) is 6.92 Å². The molecule has 0 aromatic rings. The number of carbonyl (C=O) groups is 2. The standard InChI is InChI=1S/C15H26O4/c1-2-19-15(18)13(14(16)17)11-7-10-12-8-5-3-4-6-9-12/h12-13H,2-11H2,1H3,(H,16,17). The van der Waals surface area contributed by atoms with Crippen LogP contribution in [0.5, 0.6) is 0 Å². The van der Waals surface area contributed by atoms with Gasteiger partial charge in [-0.3, -0.25) is 9.59 Å². The minimum atomic E-state index is -1.06. The van der Waals surface area contributed by atoms with E-state index in [0.717, 1.165) is 18.8 Å². The molecule has 1 rings (SSSR count). The van der Waals surface area contributed by atoms with Crippen LogP contribution < -0.4 is 0 Å². The van der Waals surface area contributed by atoms with Crippen LogP contribution in [0.2, 0.25) is 0 Å². The zero-order valence-electron chi connectivity index (χ0n) is 11.9. The molecule has 1 unspecified atom stereocenters. The predicted molar refractivity (Wildman–Crippen MR) is 72.8 cm³/mol. The highest BCUT2D eigenvalue weighted by Gasteiger charge is 2.27. The van der Waals surface area contributed by atoms with Gasteiger partial charge in [-0.05, 0) is 19.3 Å². The van der Waals surface area contributed by atoms with Gasteiger partial charge >= 0.3 is 11.9 Å². The van der Waals surface area contributed by atoms with Crippen molar-refractivity contribution in [3.05, 3.63) is 0 Å². The zero-order valence-corrected chi connectivity index (χ0v) is 11.9. The van der Waals surface area contributed by atoms with Crippen LogP contribution in [0.1, 0.15) is 64.7 Å². The molecule has 0 aromatic carbocycles. The van der Waals surface area contributed by atoms with E-state index in [4.69, 9.17) is 9.84 Å². The normalized spacial score (nSPS) is 18.6. The molecule has 0 heterocycles. The molecule has 0 aromatic heterocycles.